The standard InChI is InChI=1S/C49H35NOS/c1-49(2)46-37(21-13-22-40(46)50(32-16-7-4-8-17-32)33-25-27-43-38(29-33)34-18-11-12-23-42(34)52-43)45-47(49)36-20-10-9-19-35(36)44-39-28-31(30-14-5-3-6-15-30)24-26-41(39)51-48(44)45/h3-12,14-20,22-29H,13,21H2,1-2H3. The highest BCUT2D eigenvalue weighted by molar-refractivity contribution is 7.25. The number of anilines is 2. The van der Waals surface area contributed by atoms with E-state index in [0.717, 1.165) is 24.0 Å². The van der Waals surface area contributed by atoms with E-state index in [4.69, 9.17) is 4.42 Å². The van der Waals surface area contributed by atoms with Gasteiger partial charge in [0.1, 0.15) is 11.2 Å². The van der Waals surface area contributed by atoms with E-state index in [1.165, 1.54) is 92.2 Å². The molecule has 2 aliphatic rings. The number of furan rings is 1. The van der Waals surface area contributed by atoms with E-state index in [1.807, 2.05) is 11.3 Å². The highest BCUT2D eigenvalue weighted by atomic mass is 32.1. The van der Waals surface area contributed by atoms with Gasteiger partial charge in [0.15, 0.2) is 0 Å². The third-order valence-corrected chi connectivity index (χ3v) is 12.6. The van der Waals surface area contributed by atoms with Gasteiger partial charge in [-0.3, -0.25) is 0 Å². The summed E-state index contributed by atoms with van der Waals surface area (Å²) in [4.78, 5) is 2.51. The first-order valence-corrected chi connectivity index (χ1v) is 19.1. The van der Waals surface area contributed by atoms with Gasteiger partial charge in [-0.05, 0) is 100.0 Å². The van der Waals surface area contributed by atoms with E-state index in [0.29, 0.717) is 0 Å². The molecular weight excluding hydrogens is 651 g/mol. The molecule has 0 fully saturated rings. The normalized spacial score (nSPS) is 15.2. The molecule has 2 heterocycles. The molecule has 0 bridgehead atoms. The van der Waals surface area contributed by atoms with Crippen LogP contribution in [0.1, 0.15) is 37.8 Å². The zero-order valence-electron chi connectivity index (χ0n) is 29.1. The van der Waals surface area contributed by atoms with E-state index in [1.54, 1.807) is 0 Å². The molecule has 52 heavy (non-hydrogen) atoms. The van der Waals surface area contributed by atoms with Gasteiger partial charge >= 0.3 is 0 Å². The summed E-state index contributed by atoms with van der Waals surface area (Å²) in [5.41, 5.74) is 13.2. The summed E-state index contributed by atoms with van der Waals surface area (Å²) in [6.45, 7) is 4.86. The van der Waals surface area contributed by atoms with Gasteiger partial charge in [0, 0.05) is 59.0 Å². The van der Waals surface area contributed by atoms with E-state index in [2.05, 4.69) is 170 Å². The molecule has 3 heteroatoms. The lowest BCUT2D eigenvalue weighted by Crippen LogP contribution is -2.27. The summed E-state index contributed by atoms with van der Waals surface area (Å²) in [7, 11) is 0. The van der Waals surface area contributed by atoms with Gasteiger partial charge in [0.05, 0.1) is 0 Å². The lowest BCUT2D eigenvalue weighted by molar-refractivity contribution is 0.640. The van der Waals surface area contributed by atoms with Crippen LogP contribution in [-0.4, -0.2) is 0 Å². The second-order valence-corrected chi connectivity index (χ2v) is 15.8. The van der Waals surface area contributed by atoms with Gasteiger partial charge in [-0.25, -0.2) is 0 Å². The van der Waals surface area contributed by atoms with E-state index >= 15 is 0 Å². The molecule has 0 atom stereocenters. The van der Waals surface area contributed by atoms with Gasteiger partial charge in [-0.15, -0.1) is 11.3 Å². The lowest BCUT2D eigenvalue weighted by Gasteiger charge is -2.36. The Labute approximate surface area is 306 Å². The minimum absolute atomic E-state index is 0.273. The third kappa shape index (κ3) is 4.17. The smallest absolute Gasteiger partial charge is 0.143 e. The van der Waals surface area contributed by atoms with Gasteiger partial charge in [-0.1, -0.05) is 117 Å². The summed E-state index contributed by atoms with van der Waals surface area (Å²) < 4.78 is 9.66. The molecule has 248 valence electrons. The first-order chi connectivity index (χ1) is 25.6. The van der Waals surface area contributed by atoms with Crippen molar-refractivity contribution in [2.45, 2.75) is 32.1 Å². The van der Waals surface area contributed by atoms with Crippen LogP contribution in [0.5, 0.6) is 0 Å². The van der Waals surface area contributed by atoms with Crippen LogP contribution in [0.3, 0.4) is 0 Å². The van der Waals surface area contributed by atoms with Crippen LogP contribution in [0.4, 0.5) is 11.4 Å². The number of benzene rings is 7. The number of hydrogen-bond donors (Lipinski definition) is 0. The van der Waals surface area contributed by atoms with Crippen LogP contribution in [-0.2, 0) is 5.41 Å². The molecule has 2 nitrogen and oxygen atoms in total. The molecule has 0 saturated carbocycles. The Morgan fingerprint density at radius 1 is 0.596 bits per heavy atom. The zero-order chi connectivity index (χ0) is 34.6. The molecule has 0 aliphatic heterocycles. The van der Waals surface area contributed by atoms with Crippen LogP contribution >= 0.6 is 11.3 Å². The highest BCUT2D eigenvalue weighted by Gasteiger charge is 2.45. The number of nitrogens with zero attached hydrogens (tertiary/aromatic N) is 1. The minimum Gasteiger partial charge on any atom is -0.455 e. The fraction of sp³-hybridized carbons (Fsp3) is 0.102. The number of hydrogen-bond acceptors (Lipinski definition) is 3. The number of rotatable bonds is 4. The Morgan fingerprint density at radius 2 is 1.31 bits per heavy atom. The summed E-state index contributed by atoms with van der Waals surface area (Å²) in [5, 5.41) is 7.59. The maximum atomic E-state index is 7.02. The maximum Gasteiger partial charge on any atom is 0.143 e. The van der Waals surface area contributed by atoms with Crippen molar-refractivity contribution in [1.82, 2.24) is 0 Å². The lowest BCUT2D eigenvalue weighted by atomic mass is 9.76. The van der Waals surface area contributed by atoms with Gasteiger partial charge in [0.2, 0.25) is 0 Å². The van der Waals surface area contributed by atoms with Crippen LogP contribution in [0.15, 0.2) is 167 Å². The molecule has 0 radical (unpaired) electrons. The van der Waals surface area contributed by atoms with Crippen LogP contribution in [0.25, 0.3) is 69.6 Å². The van der Waals surface area contributed by atoms with Crippen molar-refractivity contribution < 1.29 is 4.42 Å². The largest absolute Gasteiger partial charge is 0.455 e. The van der Waals surface area contributed by atoms with Gasteiger partial charge in [0.25, 0.3) is 0 Å². The zero-order valence-corrected chi connectivity index (χ0v) is 29.9. The number of fused-ring (bicyclic) bond motifs is 12. The topological polar surface area (TPSA) is 16.4 Å². The second kappa shape index (κ2) is 11.0. The Bertz CT molecular complexity index is 2980. The first kappa shape index (κ1) is 29.8. The molecule has 0 N–H and O–H groups in total. The fourth-order valence-electron chi connectivity index (χ4n) is 9.32. The molecule has 0 spiro atoms. The average molecular weight is 686 g/mol. The number of thiophene rings is 1. The second-order valence-electron chi connectivity index (χ2n) is 14.7. The van der Waals surface area contributed by atoms with E-state index < -0.39 is 0 Å². The monoisotopic (exact) mass is 685 g/mol. The summed E-state index contributed by atoms with van der Waals surface area (Å²) in [5.74, 6) is 0. The molecule has 0 saturated heterocycles. The van der Waals surface area contributed by atoms with Crippen LogP contribution in [0.2, 0.25) is 0 Å². The number of allylic oxidation sites excluding steroid dienone is 3. The molecule has 2 aromatic heterocycles. The van der Waals surface area contributed by atoms with E-state index in [9.17, 15) is 0 Å². The average Bonchev–Trinajstić information content (AvgIpc) is 3.83. The first-order valence-electron chi connectivity index (χ1n) is 18.2. The van der Waals surface area contributed by atoms with Crippen molar-refractivity contribution in [1.29, 1.82) is 0 Å². The maximum absolute atomic E-state index is 7.02. The van der Waals surface area contributed by atoms with Crippen molar-refractivity contribution >= 4 is 81.2 Å². The fourth-order valence-corrected chi connectivity index (χ4v) is 10.4. The third-order valence-electron chi connectivity index (χ3n) is 11.5. The van der Waals surface area contributed by atoms with Crippen LogP contribution in [0, 0.1) is 0 Å². The van der Waals surface area contributed by atoms with Crippen molar-refractivity contribution in [3.8, 4) is 11.1 Å². The van der Waals surface area contributed by atoms with E-state index in [-0.39, 0.29) is 5.41 Å². The Hall–Kier alpha value is -5.90. The number of para-hydroxylation sites is 1. The van der Waals surface area contributed by atoms with Gasteiger partial charge in [-0.2, -0.15) is 0 Å². The molecule has 2 aliphatic carbocycles. The molecule has 7 aromatic carbocycles. The highest BCUT2D eigenvalue weighted by Crippen LogP contribution is 2.59. The molecule has 0 amide bonds. The van der Waals surface area contributed by atoms with Crippen molar-refractivity contribution in [3.63, 3.8) is 0 Å². The molecular formula is C49H35NOS. The van der Waals surface area contributed by atoms with Crippen molar-refractivity contribution in [2.75, 3.05) is 4.90 Å². The summed E-state index contributed by atoms with van der Waals surface area (Å²) in [6, 6.07) is 53.1. The van der Waals surface area contributed by atoms with Crippen LogP contribution < -0.4 is 4.90 Å². The minimum atomic E-state index is -0.273. The van der Waals surface area contributed by atoms with Crippen molar-refractivity contribution in [2.24, 2.45) is 0 Å². The molecule has 9 aromatic rings. The summed E-state index contributed by atoms with van der Waals surface area (Å²) in [6.07, 6.45) is 4.43. The Morgan fingerprint density at radius 3 is 2.13 bits per heavy atom. The predicted molar refractivity (Wildman–Crippen MR) is 222 cm³/mol. The molecule has 0 unspecified atom stereocenters. The van der Waals surface area contributed by atoms with Crippen molar-refractivity contribution in [3.05, 3.63) is 174 Å². The quantitative estimate of drug-likeness (QED) is 0.183. The predicted octanol–water partition coefficient (Wildman–Crippen LogP) is 14.3. The Kier molecular flexibility index (Phi) is 6.33. The molecule has 11 rings (SSSR count). The Balaban J connectivity index is 1.17. The SMILES string of the molecule is CC1(C)C2=C(CCC=C2N(c2ccccc2)c2ccc3sc4ccccc4c3c2)c2c1c1ccccc1c1c2oc2ccc(-c3ccccc3)cc21. The van der Waals surface area contributed by atoms with Gasteiger partial charge < -0.3 is 9.32 Å². The summed E-state index contributed by atoms with van der Waals surface area (Å²) >= 11 is 1.87.